The molecule has 0 radical (unpaired) electrons. The van der Waals surface area contributed by atoms with Crippen LogP contribution in [0.4, 0.5) is 0 Å². The summed E-state index contributed by atoms with van der Waals surface area (Å²) in [5, 5.41) is 3.35. The monoisotopic (exact) mass is 264 g/mol. The van der Waals surface area contributed by atoms with Crippen molar-refractivity contribution in [2.75, 3.05) is 13.1 Å². The van der Waals surface area contributed by atoms with E-state index in [9.17, 15) is 0 Å². The molecule has 0 aromatic carbocycles. The Kier molecular flexibility index (Phi) is 6.32. The van der Waals surface area contributed by atoms with Gasteiger partial charge in [0.05, 0.1) is 13.1 Å². The maximum Gasteiger partial charge on any atom is 0.118 e. The lowest BCUT2D eigenvalue weighted by Crippen LogP contribution is -2.40. The lowest BCUT2D eigenvalue weighted by Gasteiger charge is -2.34. The summed E-state index contributed by atoms with van der Waals surface area (Å²) in [6.45, 7) is 16.2. The van der Waals surface area contributed by atoms with E-state index >= 15 is 0 Å². The van der Waals surface area contributed by atoms with E-state index in [0.717, 1.165) is 44.1 Å². The summed E-state index contributed by atoms with van der Waals surface area (Å²) in [5.41, 5.74) is 0.113. The Balaban J connectivity index is 2.57. The summed E-state index contributed by atoms with van der Waals surface area (Å²) >= 11 is 0. The molecule has 3 nitrogen and oxygen atoms in total. The molecule has 1 rings (SSSR count). The largest absolute Gasteiger partial charge is 0.463 e. The number of nitrogens with one attached hydrogen (secondary N) is 1. The molecule has 19 heavy (non-hydrogen) atoms. The van der Waals surface area contributed by atoms with E-state index in [1.54, 1.807) is 0 Å². The SMILES string of the molecule is C=CCN(Cc1ccc(CNCCC)o1)C(C)(C)C. The minimum atomic E-state index is 0.113. The molecule has 1 aromatic heterocycles. The van der Waals surface area contributed by atoms with Gasteiger partial charge in [-0.15, -0.1) is 6.58 Å². The molecule has 1 heterocycles. The fourth-order valence-corrected chi connectivity index (χ4v) is 1.91. The fourth-order valence-electron chi connectivity index (χ4n) is 1.91. The average molecular weight is 264 g/mol. The van der Waals surface area contributed by atoms with Crippen LogP contribution in [0.3, 0.4) is 0 Å². The van der Waals surface area contributed by atoms with Gasteiger partial charge in [0.2, 0.25) is 0 Å². The first-order chi connectivity index (χ1) is 8.97. The molecule has 3 heteroatoms. The normalized spacial score (nSPS) is 12.1. The Morgan fingerprint density at radius 3 is 2.58 bits per heavy atom. The molecule has 0 unspecified atom stereocenters. The van der Waals surface area contributed by atoms with Gasteiger partial charge in [-0.25, -0.2) is 0 Å². The standard InChI is InChI=1S/C16H28N2O/c1-6-10-17-12-14-8-9-15(19-14)13-18(11-7-2)16(3,4)5/h7-9,17H,2,6,10-13H2,1,3-5H3. The molecule has 0 aliphatic carbocycles. The Bertz CT molecular complexity index is 376. The zero-order valence-corrected chi connectivity index (χ0v) is 12.8. The molecule has 0 atom stereocenters. The predicted octanol–water partition coefficient (Wildman–Crippen LogP) is 3.57. The first-order valence-electron chi connectivity index (χ1n) is 7.11. The number of rotatable bonds is 8. The number of hydrogen-bond acceptors (Lipinski definition) is 3. The molecule has 0 fully saturated rings. The molecule has 0 spiro atoms. The minimum absolute atomic E-state index is 0.113. The van der Waals surface area contributed by atoms with Gasteiger partial charge in [-0.3, -0.25) is 4.90 Å². The molecule has 0 bridgehead atoms. The van der Waals surface area contributed by atoms with Crippen molar-refractivity contribution in [3.05, 3.63) is 36.3 Å². The van der Waals surface area contributed by atoms with Crippen LogP contribution in [0, 0.1) is 0 Å². The lowest BCUT2D eigenvalue weighted by atomic mass is 10.1. The van der Waals surface area contributed by atoms with Gasteiger partial charge in [-0.1, -0.05) is 13.0 Å². The van der Waals surface area contributed by atoms with E-state index in [1.165, 1.54) is 0 Å². The van der Waals surface area contributed by atoms with Crippen molar-refractivity contribution in [1.82, 2.24) is 10.2 Å². The van der Waals surface area contributed by atoms with Gasteiger partial charge >= 0.3 is 0 Å². The maximum absolute atomic E-state index is 5.86. The predicted molar refractivity (Wildman–Crippen MR) is 81.1 cm³/mol. The number of furan rings is 1. The molecule has 1 N–H and O–H groups in total. The second kappa shape index (κ2) is 7.51. The minimum Gasteiger partial charge on any atom is -0.463 e. The summed E-state index contributed by atoms with van der Waals surface area (Å²) < 4.78 is 5.86. The quantitative estimate of drug-likeness (QED) is 0.575. The Labute approximate surface area is 117 Å². The Morgan fingerprint density at radius 2 is 2.00 bits per heavy atom. The van der Waals surface area contributed by atoms with E-state index in [4.69, 9.17) is 4.42 Å². The molecule has 0 aliphatic heterocycles. The molecule has 1 aromatic rings. The van der Waals surface area contributed by atoms with Gasteiger partial charge in [0.25, 0.3) is 0 Å². The third-order valence-electron chi connectivity index (χ3n) is 3.09. The molecular weight excluding hydrogens is 236 g/mol. The van der Waals surface area contributed by atoms with Crippen molar-refractivity contribution in [1.29, 1.82) is 0 Å². The van der Waals surface area contributed by atoms with Gasteiger partial charge in [0, 0.05) is 12.1 Å². The topological polar surface area (TPSA) is 28.4 Å². The van der Waals surface area contributed by atoms with Crippen molar-refractivity contribution in [2.24, 2.45) is 0 Å². The fraction of sp³-hybridized carbons (Fsp3) is 0.625. The van der Waals surface area contributed by atoms with Crippen molar-refractivity contribution in [2.45, 2.75) is 52.7 Å². The third kappa shape index (κ3) is 5.62. The van der Waals surface area contributed by atoms with Gasteiger partial charge in [0.15, 0.2) is 0 Å². The number of hydrogen-bond donors (Lipinski definition) is 1. The smallest absolute Gasteiger partial charge is 0.118 e. The van der Waals surface area contributed by atoms with Crippen LogP contribution in [-0.4, -0.2) is 23.5 Å². The van der Waals surface area contributed by atoms with Crippen LogP contribution in [-0.2, 0) is 13.1 Å². The second-order valence-electron chi connectivity index (χ2n) is 5.88. The van der Waals surface area contributed by atoms with Crippen LogP contribution in [0.25, 0.3) is 0 Å². The van der Waals surface area contributed by atoms with E-state index < -0.39 is 0 Å². The summed E-state index contributed by atoms with van der Waals surface area (Å²) in [6.07, 6.45) is 3.09. The van der Waals surface area contributed by atoms with E-state index in [-0.39, 0.29) is 5.54 Å². The zero-order valence-electron chi connectivity index (χ0n) is 12.8. The molecule has 0 amide bonds. The summed E-state index contributed by atoms with van der Waals surface area (Å²) in [7, 11) is 0. The van der Waals surface area contributed by atoms with Gasteiger partial charge in [-0.2, -0.15) is 0 Å². The second-order valence-corrected chi connectivity index (χ2v) is 5.88. The highest BCUT2D eigenvalue weighted by Crippen LogP contribution is 2.18. The lowest BCUT2D eigenvalue weighted by molar-refractivity contribution is 0.133. The van der Waals surface area contributed by atoms with Gasteiger partial charge in [-0.05, 0) is 45.9 Å². The van der Waals surface area contributed by atoms with Crippen molar-refractivity contribution in [3.8, 4) is 0 Å². The number of nitrogens with zero attached hydrogens (tertiary/aromatic N) is 1. The van der Waals surface area contributed by atoms with Gasteiger partial charge < -0.3 is 9.73 Å². The van der Waals surface area contributed by atoms with Crippen molar-refractivity contribution >= 4 is 0 Å². The molecule has 0 saturated carbocycles. The molecule has 108 valence electrons. The van der Waals surface area contributed by atoms with E-state index in [1.807, 2.05) is 6.08 Å². The molecule has 0 saturated heterocycles. The Hall–Kier alpha value is -1.06. The van der Waals surface area contributed by atoms with Crippen molar-refractivity contribution in [3.63, 3.8) is 0 Å². The van der Waals surface area contributed by atoms with Crippen molar-refractivity contribution < 1.29 is 4.42 Å². The molecule has 0 aliphatic rings. The highest BCUT2D eigenvalue weighted by atomic mass is 16.3. The van der Waals surface area contributed by atoms with Crippen LogP contribution in [0.15, 0.2) is 29.2 Å². The van der Waals surface area contributed by atoms with Crippen LogP contribution < -0.4 is 5.32 Å². The summed E-state index contributed by atoms with van der Waals surface area (Å²) in [4.78, 5) is 2.35. The first kappa shape index (κ1) is 16.0. The maximum atomic E-state index is 5.86. The van der Waals surface area contributed by atoms with E-state index in [0.29, 0.717) is 0 Å². The Morgan fingerprint density at radius 1 is 1.32 bits per heavy atom. The molecular formula is C16H28N2O. The summed E-state index contributed by atoms with van der Waals surface area (Å²) in [6, 6.07) is 4.14. The summed E-state index contributed by atoms with van der Waals surface area (Å²) in [5.74, 6) is 2.03. The zero-order chi connectivity index (χ0) is 14.3. The average Bonchev–Trinajstić information content (AvgIpc) is 2.76. The van der Waals surface area contributed by atoms with Crippen LogP contribution in [0.1, 0.15) is 45.6 Å². The highest BCUT2D eigenvalue weighted by Gasteiger charge is 2.21. The van der Waals surface area contributed by atoms with Crippen LogP contribution in [0.2, 0.25) is 0 Å². The first-order valence-corrected chi connectivity index (χ1v) is 7.11. The highest BCUT2D eigenvalue weighted by molar-refractivity contribution is 5.07. The van der Waals surface area contributed by atoms with Gasteiger partial charge in [0.1, 0.15) is 11.5 Å². The van der Waals surface area contributed by atoms with Crippen LogP contribution >= 0.6 is 0 Å². The van der Waals surface area contributed by atoms with Crippen LogP contribution in [0.5, 0.6) is 0 Å². The third-order valence-corrected chi connectivity index (χ3v) is 3.09. The van der Waals surface area contributed by atoms with E-state index in [2.05, 4.69) is 56.6 Å².